The molecule has 110 valence electrons. The van der Waals surface area contributed by atoms with Gasteiger partial charge in [0.1, 0.15) is 17.4 Å². The first-order chi connectivity index (χ1) is 10.5. The second kappa shape index (κ2) is 6.99. The molecule has 0 aliphatic rings. The average molecular weight is 333 g/mol. The van der Waals surface area contributed by atoms with Gasteiger partial charge in [-0.2, -0.15) is 5.26 Å². The fourth-order valence-electron chi connectivity index (χ4n) is 1.68. The molecule has 4 nitrogen and oxygen atoms in total. The van der Waals surface area contributed by atoms with Crippen molar-refractivity contribution in [3.63, 3.8) is 0 Å². The number of nitrogens with zero attached hydrogens (tertiary/aromatic N) is 1. The number of rotatable bonds is 3. The predicted octanol–water partition coefficient (Wildman–Crippen LogP) is 4.24. The zero-order valence-electron chi connectivity index (χ0n) is 11.2. The number of aromatic hydroxyl groups is 1. The number of hydrogen-bond donors (Lipinski definition) is 2. The fraction of sp³-hybridized carbons (Fsp3) is 0. The molecular weight excluding hydrogens is 323 g/mol. The number of carbonyl (C=O) groups excluding carboxylic acids is 1. The van der Waals surface area contributed by atoms with Gasteiger partial charge in [0.15, 0.2) is 0 Å². The topological polar surface area (TPSA) is 73.1 Å². The zero-order chi connectivity index (χ0) is 16.1. The van der Waals surface area contributed by atoms with Gasteiger partial charge < -0.3 is 10.4 Å². The Morgan fingerprint density at radius 3 is 2.50 bits per heavy atom. The molecule has 0 atom stereocenters. The van der Waals surface area contributed by atoms with Gasteiger partial charge in [-0.25, -0.2) is 0 Å². The van der Waals surface area contributed by atoms with E-state index in [1.54, 1.807) is 30.3 Å². The molecule has 2 aromatic carbocycles. The number of nitriles is 1. The van der Waals surface area contributed by atoms with Crippen molar-refractivity contribution in [2.24, 2.45) is 0 Å². The first-order valence-corrected chi connectivity index (χ1v) is 6.93. The van der Waals surface area contributed by atoms with Gasteiger partial charge >= 0.3 is 0 Å². The van der Waals surface area contributed by atoms with Gasteiger partial charge in [0.25, 0.3) is 5.91 Å². The molecule has 0 unspecified atom stereocenters. The van der Waals surface area contributed by atoms with Crippen molar-refractivity contribution in [2.75, 3.05) is 5.32 Å². The highest BCUT2D eigenvalue weighted by atomic mass is 35.5. The molecule has 0 radical (unpaired) electrons. The third kappa shape index (κ3) is 3.79. The Morgan fingerprint density at radius 2 is 1.86 bits per heavy atom. The molecule has 2 N–H and O–H groups in total. The lowest BCUT2D eigenvalue weighted by atomic mass is 10.1. The minimum Gasteiger partial charge on any atom is -0.508 e. The van der Waals surface area contributed by atoms with Crippen LogP contribution in [0.25, 0.3) is 6.08 Å². The van der Waals surface area contributed by atoms with Gasteiger partial charge in [0.2, 0.25) is 0 Å². The van der Waals surface area contributed by atoms with Crippen LogP contribution in [-0.4, -0.2) is 11.0 Å². The first-order valence-electron chi connectivity index (χ1n) is 6.17. The lowest BCUT2D eigenvalue weighted by Crippen LogP contribution is -2.13. The Kier molecular flexibility index (Phi) is 5.05. The van der Waals surface area contributed by atoms with Crippen molar-refractivity contribution in [2.45, 2.75) is 0 Å². The lowest BCUT2D eigenvalue weighted by Gasteiger charge is -2.07. The minimum atomic E-state index is -0.597. The van der Waals surface area contributed by atoms with E-state index in [1.807, 2.05) is 6.07 Å². The highest BCUT2D eigenvalue weighted by Gasteiger charge is 2.12. The summed E-state index contributed by atoms with van der Waals surface area (Å²) >= 11 is 11.9. The Morgan fingerprint density at radius 1 is 1.18 bits per heavy atom. The van der Waals surface area contributed by atoms with Crippen molar-refractivity contribution >= 4 is 40.9 Å². The molecule has 0 heterocycles. The van der Waals surface area contributed by atoms with Crippen LogP contribution in [0.5, 0.6) is 5.75 Å². The van der Waals surface area contributed by atoms with Gasteiger partial charge in [-0.1, -0.05) is 41.4 Å². The minimum absolute atomic E-state index is 0.0956. The summed E-state index contributed by atoms with van der Waals surface area (Å²) in [4.78, 5) is 12.1. The maximum absolute atomic E-state index is 12.1. The lowest BCUT2D eigenvalue weighted by molar-refractivity contribution is -0.112. The van der Waals surface area contributed by atoms with E-state index in [0.29, 0.717) is 16.3 Å². The molecule has 0 spiro atoms. The second-order valence-electron chi connectivity index (χ2n) is 4.32. The van der Waals surface area contributed by atoms with E-state index in [4.69, 9.17) is 28.5 Å². The summed E-state index contributed by atoms with van der Waals surface area (Å²) in [6.07, 6.45) is 1.41. The predicted molar refractivity (Wildman–Crippen MR) is 86.8 cm³/mol. The van der Waals surface area contributed by atoms with Crippen molar-refractivity contribution in [3.05, 3.63) is 63.6 Å². The van der Waals surface area contributed by atoms with Crippen molar-refractivity contribution in [1.82, 2.24) is 0 Å². The molecule has 0 aromatic heterocycles. The van der Waals surface area contributed by atoms with Crippen LogP contribution >= 0.6 is 23.2 Å². The number of halogens is 2. The third-order valence-corrected chi connectivity index (χ3v) is 3.59. The Hall–Kier alpha value is -2.48. The summed E-state index contributed by atoms with van der Waals surface area (Å²) in [5, 5.41) is 21.4. The molecule has 2 aromatic rings. The number of amides is 1. The van der Waals surface area contributed by atoms with Gasteiger partial charge in [-0.05, 0) is 35.9 Å². The summed E-state index contributed by atoms with van der Waals surface area (Å²) < 4.78 is 0. The molecule has 1 amide bonds. The molecule has 2 rings (SSSR count). The van der Waals surface area contributed by atoms with Crippen LogP contribution in [-0.2, 0) is 4.79 Å². The first kappa shape index (κ1) is 15.9. The number of phenols is 1. The molecule has 0 aliphatic carbocycles. The summed E-state index contributed by atoms with van der Waals surface area (Å²) in [5.74, 6) is -0.495. The Balaban J connectivity index is 2.24. The van der Waals surface area contributed by atoms with Crippen LogP contribution in [0.4, 0.5) is 5.69 Å². The summed E-state index contributed by atoms with van der Waals surface area (Å²) in [6, 6.07) is 12.8. The molecule has 0 aliphatic heterocycles. The SMILES string of the molecule is N#C/C(=C/c1ccc(O)cc1)C(=O)Nc1cccc(Cl)c1Cl. The highest BCUT2D eigenvalue weighted by molar-refractivity contribution is 6.44. The average Bonchev–Trinajstić information content (AvgIpc) is 2.51. The zero-order valence-corrected chi connectivity index (χ0v) is 12.7. The molecule has 6 heteroatoms. The van der Waals surface area contributed by atoms with Crippen LogP contribution in [0.15, 0.2) is 48.0 Å². The van der Waals surface area contributed by atoms with E-state index < -0.39 is 5.91 Å². The third-order valence-electron chi connectivity index (χ3n) is 2.77. The summed E-state index contributed by atoms with van der Waals surface area (Å²) in [6.45, 7) is 0. The van der Waals surface area contributed by atoms with E-state index >= 15 is 0 Å². The molecule has 0 saturated heterocycles. The maximum Gasteiger partial charge on any atom is 0.266 e. The fourth-order valence-corrected chi connectivity index (χ4v) is 2.02. The van der Waals surface area contributed by atoms with E-state index in [-0.39, 0.29) is 16.3 Å². The van der Waals surface area contributed by atoms with Gasteiger partial charge in [0, 0.05) is 0 Å². The molecule has 22 heavy (non-hydrogen) atoms. The largest absolute Gasteiger partial charge is 0.508 e. The van der Waals surface area contributed by atoms with Gasteiger partial charge in [-0.15, -0.1) is 0 Å². The summed E-state index contributed by atoms with van der Waals surface area (Å²) in [5.41, 5.74) is 0.842. The van der Waals surface area contributed by atoms with Gasteiger partial charge in [-0.3, -0.25) is 4.79 Å². The normalized spacial score (nSPS) is 10.9. The quantitative estimate of drug-likeness (QED) is 0.652. The number of carbonyl (C=O) groups is 1. The van der Waals surface area contributed by atoms with Crippen LogP contribution < -0.4 is 5.32 Å². The van der Waals surface area contributed by atoms with Crippen molar-refractivity contribution < 1.29 is 9.90 Å². The molecule has 0 saturated carbocycles. The number of hydrogen-bond acceptors (Lipinski definition) is 3. The molecular formula is C16H10Cl2N2O2. The van der Waals surface area contributed by atoms with Crippen LogP contribution in [0.2, 0.25) is 10.0 Å². The highest BCUT2D eigenvalue weighted by Crippen LogP contribution is 2.29. The van der Waals surface area contributed by atoms with Crippen molar-refractivity contribution in [1.29, 1.82) is 5.26 Å². The van der Waals surface area contributed by atoms with Crippen LogP contribution in [0, 0.1) is 11.3 Å². The van der Waals surface area contributed by atoms with E-state index in [9.17, 15) is 9.90 Å². The van der Waals surface area contributed by atoms with E-state index in [1.165, 1.54) is 18.2 Å². The second-order valence-corrected chi connectivity index (χ2v) is 5.10. The Labute approximate surface area is 137 Å². The van der Waals surface area contributed by atoms with Crippen LogP contribution in [0.1, 0.15) is 5.56 Å². The van der Waals surface area contributed by atoms with Gasteiger partial charge in [0.05, 0.1) is 15.7 Å². The number of phenolic OH excluding ortho intramolecular Hbond substituents is 1. The monoisotopic (exact) mass is 332 g/mol. The molecule has 0 fully saturated rings. The number of nitrogens with one attached hydrogen (secondary N) is 1. The number of benzene rings is 2. The summed E-state index contributed by atoms with van der Waals surface area (Å²) in [7, 11) is 0. The van der Waals surface area contributed by atoms with E-state index in [2.05, 4.69) is 5.32 Å². The smallest absolute Gasteiger partial charge is 0.266 e. The number of anilines is 1. The van der Waals surface area contributed by atoms with E-state index in [0.717, 1.165) is 0 Å². The van der Waals surface area contributed by atoms with Crippen LogP contribution in [0.3, 0.4) is 0 Å². The molecule has 0 bridgehead atoms. The Bertz CT molecular complexity index is 778. The van der Waals surface area contributed by atoms with Crippen molar-refractivity contribution in [3.8, 4) is 11.8 Å². The standard InChI is InChI=1S/C16H10Cl2N2O2/c17-13-2-1-3-14(15(13)18)20-16(22)11(9-19)8-10-4-6-12(21)7-5-10/h1-8,21H,(H,20,22)/b11-8-. The maximum atomic E-state index is 12.1.